The molecule has 0 unspecified atom stereocenters. The Morgan fingerprint density at radius 3 is 0.800 bits per heavy atom. The zero-order chi connectivity index (χ0) is 2.00. The predicted octanol–water partition coefficient (Wildman–Crippen LogP) is -1.57. The SMILES string of the molecule is CN.[Na].[Na].[Na]. The summed E-state index contributed by atoms with van der Waals surface area (Å²) in [5.41, 5.74) is 4.50. The molecule has 0 rings (SSSR count). The largest absolute Gasteiger partial charge is 0.333 e. The van der Waals surface area contributed by atoms with E-state index in [0.717, 1.165) is 0 Å². The molecular formula is CH5NNa3. The maximum Gasteiger partial charge on any atom is 0 e. The molecule has 1 nitrogen and oxygen atoms in total. The zero-order valence-electron chi connectivity index (χ0n) is 4.58. The molecule has 0 saturated heterocycles. The summed E-state index contributed by atoms with van der Waals surface area (Å²) in [5, 5.41) is 0. The van der Waals surface area contributed by atoms with Gasteiger partial charge in [-0.3, -0.25) is 0 Å². The van der Waals surface area contributed by atoms with Gasteiger partial charge in [-0.15, -0.1) is 0 Å². The van der Waals surface area contributed by atoms with Gasteiger partial charge in [0.2, 0.25) is 0 Å². The van der Waals surface area contributed by atoms with E-state index in [9.17, 15) is 0 Å². The molecule has 0 aromatic heterocycles. The summed E-state index contributed by atoms with van der Waals surface area (Å²) in [6.07, 6.45) is 0. The van der Waals surface area contributed by atoms with E-state index in [4.69, 9.17) is 0 Å². The first-order chi connectivity index (χ1) is 1.00. The summed E-state index contributed by atoms with van der Waals surface area (Å²) in [5.74, 6) is 0. The Morgan fingerprint density at radius 1 is 0.800 bits per heavy atom. The monoisotopic (exact) mass is 100 g/mol. The minimum Gasteiger partial charge on any atom is -0.333 e. The first-order valence-corrected chi connectivity index (χ1v) is 0.577. The van der Waals surface area contributed by atoms with Crippen molar-refractivity contribution in [3.05, 3.63) is 0 Å². The van der Waals surface area contributed by atoms with Crippen LogP contribution in [0, 0.1) is 0 Å². The van der Waals surface area contributed by atoms with Gasteiger partial charge in [-0.1, -0.05) is 0 Å². The molecule has 0 heterocycles. The fraction of sp³-hybridized carbons (Fsp3) is 1.00. The van der Waals surface area contributed by atoms with Gasteiger partial charge >= 0.3 is 0 Å². The average Bonchev–Trinajstić information content (AvgIpc) is 1.00. The van der Waals surface area contributed by atoms with Crippen molar-refractivity contribution < 1.29 is 0 Å². The molecule has 0 atom stereocenters. The van der Waals surface area contributed by atoms with Gasteiger partial charge in [0.1, 0.15) is 0 Å². The maximum absolute atomic E-state index is 4.50. The molecule has 2 N–H and O–H groups in total. The Kier molecular flexibility index (Phi) is 139. The summed E-state index contributed by atoms with van der Waals surface area (Å²) in [6, 6.07) is 0. The Morgan fingerprint density at radius 2 is 0.800 bits per heavy atom. The quantitative estimate of drug-likeness (QED) is 0.366. The van der Waals surface area contributed by atoms with Crippen molar-refractivity contribution in [1.29, 1.82) is 0 Å². The third-order valence-electron chi connectivity index (χ3n) is 0. The van der Waals surface area contributed by atoms with E-state index in [-0.39, 0.29) is 88.7 Å². The summed E-state index contributed by atoms with van der Waals surface area (Å²) < 4.78 is 0. The molecule has 0 amide bonds. The van der Waals surface area contributed by atoms with Crippen LogP contribution in [0.4, 0.5) is 0 Å². The average molecular weight is 100 g/mol. The van der Waals surface area contributed by atoms with Crippen LogP contribution in [-0.4, -0.2) is 95.7 Å². The van der Waals surface area contributed by atoms with Crippen molar-refractivity contribution in [3.63, 3.8) is 0 Å². The van der Waals surface area contributed by atoms with Crippen LogP contribution in [0.1, 0.15) is 0 Å². The van der Waals surface area contributed by atoms with Gasteiger partial charge in [-0.05, 0) is 7.05 Å². The van der Waals surface area contributed by atoms with Crippen LogP contribution in [0.15, 0.2) is 0 Å². The molecule has 0 aliphatic carbocycles. The molecule has 0 aromatic carbocycles. The smallest absolute Gasteiger partial charge is 0 e. The molecule has 5 heavy (non-hydrogen) atoms. The number of nitrogens with two attached hydrogens (primary N) is 1. The fourth-order valence-electron chi connectivity index (χ4n) is 0. The molecule has 0 saturated carbocycles. The van der Waals surface area contributed by atoms with Crippen molar-refractivity contribution in [2.24, 2.45) is 5.73 Å². The van der Waals surface area contributed by atoms with E-state index in [1.54, 1.807) is 0 Å². The number of hydrogen-bond donors (Lipinski definition) is 1. The second kappa shape index (κ2) is 28.2. The van der Waals surface area contributed by atoms with Crippen LogP contribution in [0.2, 0.25) is 0 Å². The van der Waals surface area contributed by atoms with E-state index >= 15 is 0 Å². The van der Waals surface area contributed by atoms with Gasteiger partial charge in [0.25, 0.3) is 0 Å². The van der Waals surface area contributed by atoms with Crippen molar-refractivity contribution in [3.8, 4) is 0 Å². The molecule has 0 fully saturated rings. The predicted molar refractivity (Wildman–Crippen MR) is 27.4 cm³/mol. The normalized spacial score (nSPS) is 1.20. The molecule has 0 aliphatic rings. The standard InChI is InChI=1S/CH5N.3Na/c1-2;;;/h2H2,1H3;;;. The van der Waals surface area contributed by atoms with Gasteiger partial charge in [0.05, 0.1) is 0 Å². The molecule has 4 heteroatoms. The van der Waals surface area contributed by atoms with Crippen LogP contribution in [0.3, 0.4) is 0 Å². The van der Waals surface area contributed by atoms with E-state index in [0.29, 0.717) is 0 Å². The maximum atomic E-state index is 4.50. The Labute approximate surface area is 99.3 Å². The summed E-state index contributed by atoms with van der Waals surface area (Å²) in [6.45, 7) is 0. The minimum absolute atomic E-state index is 0. The minimum atomic E-state index is 0. The molecule has 3 radical (unpaired) electrons. The number of rotatable bonds is 0. The van der Waals surface area contributed by atoms with Crippen LogP contribution < -0.4 is 5.73 Å². The molecule has 0 aliphatic heterocycles. The van der Waals surface area contributed by atoms with Crippen LogP contribution in [0.5, 0.6) is 0 Å². The summed E-state index contributed by atoms with van der Waals surface area (Å²) >= 11 is 0. The third-order valence-corrected chi connectivity index (χ3v) is 0. The van der Waals surface area contributed by atoms with Gasteiger partial charge in [-0.25, -0.2) is 0 Å². The van der Waals surface area contributed by atoms with E-state index in [1.807, 2.05) is 0 Å². The van der Waals surface area contributed by atoms with Gasteiger partial charge in [0.15, 0.2) is 0 Å². The molecule has 0 spiro atoms. The summed E-state index contributed by atoms with van der Waals surface area (Å²) in [7, 11) is 1.50. The Bertz CT molecular complexity index is 6.85. The molecule has 0 bridgehead atoms. The molecule has 17 valence electrons. The van der Waals surface area contributed by atoms with Gasteiger partial charge < -0.3 is 5.73 Å². The second-order valence-electron chi connectivity index (χ2n) is 0. The number of hydrogen-bond acceptors (Lipinski definition) is 1. The van der Waals surface area contributed by atoms with Crippen molar-refractivity contribution >= 4 is 88.7 Å². The van der Waals surface area contributed by atoms with E-state index in [2.05, 4.69) is 5.73 Å². The molecular weight excluding hydrogens is 95.0 g/mol. The van der Waals surface area contributed by atoms with E-state index in [1.165, 1.54) is 7.05 Å². The second-order valence-corrected chi connectivity index (χ2v) is 0. The topological polar surface area (TPSA) is 26.0 Å². The Balaban J connectivity index is -0.00000000167. The van der Waals surface area contributed by atoms with Crippen molar-refractivity contribution in [1.82, 2.24) is 0 Å². The van der Waals surface area contributed by atoms with Crippen LogP contribution >= 0.6 is 0 Å². The van der Waals surface area contributed by atoms with E-state index < -0.39 is 0 Å². The first kappa shape index (κ1) is 24.6. The van der Waals surface area contributed by atoms with Gasteiger partial charge in [0, 0.05) is 88.7 Å². The first-order valence-electron chi connectivity index (χ1n) is 0.577. The van der Waals surface area contributed by atoms with Crippen LogP contribution in [0.25, 0.3) is 0 Å². The fourth-order valence-corrected chi connectivity index (χ4v) is 0. The molecule has 0 aromatic rings. The van der Waals surface area contributed by atoms with Crippen molar-refractivity contribution in [2.45, 2.75) is 0 Å². The third kappa shape index (κ3) is 19.5. The van der Waals surface area contributed by atoms with Crippen molar-refractivity contribution in [2.75, 3.05) is 7.05 Å². The zero-order valence-corrected chi connectivity index (χ0v) is 10.6. The Hall–Kier alpha value is 2.96. The summed E-state index contributed by atoms with van der Waals surface area (Å²) in [4.78, 5) is 0. The van der Waals surface area contributed by atoms with Crippen LogP contribution in [-0.2, 0) is 0 Å². The van der Waals surface area contributed by atoms with Gasteiger partial charge in [-0.2, -0.15) is 0 Å².